The van der Waals surface area contributed by atoms with Crippen LogP contribution in [-0.4, -0.2) is 40.7 Å². The molecule has 0 fully saturated rings. The Morgan fingerprint density at radius 1 is 1.02 bits per heavy atom. The van der Waals surface area contributed by atoms with Crippen molar-refractivity contribution in [2.75, 3.05) is 12.3 Å². The van der Waals surface area contributed by atoms with E-state index in [0.29, 0.717) is 23.6 Å². The van der Waals surface area contributed by atoms with Crippen LogP contribution in [-0.2, 0) is 10.0 Å². The summed E-state index contributed by atoms with van der Waals surface area (Å²) in [4.78, 5) is 22.1. The number of carbonyl (C=O) groups is 1. The van der Waals surface area contributed by atoms with E-state index >= 15 is 0 Å². The summed E-state index contributed by atoms with van der Waals surface area (Å²) < 4.78 is 50.0. The molecule has 3 heterocycles. The van der Waals surface area contributed by atoms with E-state index in [0.717, 1.165) is 11.4 Å². The molecule has 0 atom stereocenters. The lowest BCUT2D eigenvalue weighted by atomic mass is 10.1. The van der Waals surface area contributed by atoms with Crippen LogP contribution >= 0.6 is 0 Å². The Balaban J connectivity index is 0.00000337. The lowest BCUT2D eigenvalue weighted by molar-refractivity contribution is 0.0980. The fraction of sp³-hybridized carbons (Fsp3) is 0.333. The number of sulfonamides is 1. The number of carbonyl (C=O) groups excluding carboxylic acids is 1. The molecule has 3 aromatic heterocycles. The Morgan fingerprint density at radius 3 is 2.40 bits per heavy atom. The number of anilines is 1. The molecule has 0 radical (unpaired) electrons. The van der Waals surface area contributed by atoms with E-state index in [4.69, 9.17) is 20.6 Å². The van der Waals surface area contributed by atoms with E-state index in [1.165, 1.54) is 42.5 Å². The van der Waals surface area contributed by atoms with Gasteiger partial charge in [-0.15, -0.1) is 0 Å². The monoisotopic (exact) mass is 598 g/mol. The highest BCUT2D eigenvalue weighted by atomic mass is 32.2. The second-order valence-corrected chi connectivity index (χ2v) is 12.6. The number of halogens is 1. The zero-order valence-corrected chi connectivity index (χ0v) is 25.2. The molecule has 0 aliphatic carbocycles. The first-order valence-electron chi connectivity index (χ1n) is 13.6. The van der Waals surface area contributed by atoms with Gasteiger partial charge in [-0.2, -0.15) is 13.5 Å². The molecule has 226 valence electrons. The lowest BCUT2D eigenvalue weighted by Gasteiger charge is -2.16. The molecule has 0 spiro atoms. The number of aromatic nitrogens is 4. The molecule has 1 amide bonds. The van der Waals surface area contributed by atoms with Crippen molar-refractivity contribution in [1.82, 2.24) is 24.5 Å². The number of nitrogens with one attached hydrogen (secondary N) is 1. The average Bonchev–Trinajstić information content (AvgIpc) is 3.37. The molecule has 4 aromatic rings. The first kappa shape index (κ1) is 30.6. The summed E-state index contributed by atoms with van der Waals surface area (Å²) in [5, 5.41) is 4.32. The highest BCUT2D eigenvalue weighted by Gasteiger charge is 2.26. The van der Waals surface area contributed by atoms with Gasteiger partial charge in [0.1, 0.15) is 17.4 Å². The number of hydrogen-bond acceptors (Lipinski definition) is 8. The normalized spacial score (nSPS) is 11.9. The van der Waals surface area contributed by atoms with Crippen molar-refractivity contribution in [3.63, 3.8) is 0 Å². The smallest absolute Gasteiger partial charge is 0.281 e. The van der Waals surface area contributed by atoms with Crippen molar-refractivity contribution in [1.29, 1.82) is 0 Å². The van der Waals surface area contributed by atoms with Gasteiger partial charge in [-0.05, 0) is 60.2 Å². The first-order chi connectivity index (χ1) is 19.7. The maximum atomic E-state index is 14.6. The molecule has 0 bridgehead atoms. The lowest BCUT2D eigenvalue weighted by Crippen LogP contribution is -2.32. The number of nitrogens with zero attached hydrogens (tertiary/aromatic N) is 4. The van der Waals surface area contributed by atoms with Crippen molar-refractivity contribution < 1.29 is 25.2 Å². The Labute approximate surface area is 248 Å². The molecule has 0 unspecified atom stereocenters. The van der Waals surface area contributed by atoms with Gasteiger partial charge in [-0.25, -0.2) is 23.8 Å². The molecule has 12 heteroatoms. The minimum Gasteiger partial charge on any atom is -0.493 e. The molecule has 3 N–H and O–H groups in total. The topological polar surface area (TPSA) is 142 Å². The van der Waals surface area contributed by atoms with E-state index in [1.54, 1.807) is 10.7 Å². The molecular weight excluding hydrogens is 559 g/mol. The van der Waals surface area contributed by atoms with Crippen LogP contribution in [0.2, 0.25) is 0 Å². The highest BCUT2D eigenvalue weighted by Crippen LogP contribution is 2.29. The van der Waals surface area contributed by atoms with Gasteiger partial charge >= 0.3 is 0 Å². The van der Waals surface area contributed by atoms with Crippen LogP contribution in [0.15, 0.2) is 59.6 Å². The van der Waals surface area contributed by atoms with Crippen LogP contribution < -0.4 is 15.2 Å². The number of nitrogen functional groups attached to an aromatic ring is 1. The number of nitrogens with two attached hydrogens (primary N) is 1. The first-order valence-corrected chi connectivity index (χ1v) is 15.1. The Morgan fingerprint density at radius 2 is 1.76 bits per heavy atom. The van der Waals surface area contributed by atoms with Gasteiger partial charge in [0.25, 0.3) is 15.9 Å². The van der Waals surface area contributed by atoms with E-state index in [1.807, 2.05) is 47.6 Å². The van der Waals surface area contributed by atoms with Gasteiger partial charge < -0.3 is 10.5 Å². The van der Waals surface area contributed by atoms with E-state index in [9.17, 15) is 17.6 Å². The quantitative estimate of drug-likeness (QED) is 0.228. The second kappa shape index (κ2) is 12.3. The third-order valence-electron chi connectivity index (χ3n) is 6.26. The fourth-order valence-electron chi connectivity index (χ4n) is 4.09. The minimum atomic E-state index is -4.36. The van der Waals surface area contributed by atoms with Crippen molar-refractivity contribution in [3.05, 3.63) is 77.4 Å². The van der Waals surface area contributed by atoms with Crippen LogP contribution in [0.1, 0.15) is 78.0 Å². The Bertz CT molecular complexity index is 1730. The van der Waals surface area contributed by atoms with Gasteiger partial charge in [-0.1, -0.05) is 47.6 Å². The third kappa shape index (κ3) is 6.93. The SMILES string of the molecule is CC(C)COc1cc(F)cc(-c2ccc(C(=O)NS(=O)(=O)c3cccc(N)n3)c(-n3nc(C(C)C)cc3C(C)C)n2)c1.[HH].[HH]. The predicted molar refractivity (Wildman–Crippen MR) is 163 cm³/mol. The largest absolute Gasteiger partial charge is 0.493 e. The summed E-state index contributed by atoms with van der Waals surface area (Å²) in [7, 11) is -4.36. The third-order valence-corrected chi connectivity index (χ3v) is 7.49. The number of ether oxygens (including phenoxy) is 1. The van der Waals surface area contributed by atoms with Gasteiger partial charge in [0.05, 0.1) is 23.6 Å². The number of amides is 1. The van der Waals surface area contributed by atoms with Crippen molar-refractivity contribution >= 4 is 21.7 Å². The standard InChI is InChI=1S/C30H35FN6O4S.2H2/c1-17(2)16-41-22-13-20(12-21(31)14-22)24-11-10-23(30(38)36-42(39,40)28-9-7-8-27(32)34-28)29(33-24)37-26(19(5)6)15-25(35-37)18(3)4;;/h7-15,17-19H,16H2,1-6H3,(H2,32,34)(H,36,38);2*1H. The van der Waals surface area contributed by atoms with Crippen LogP contribution in [0.4, 0.5) is 10.2 Å². The molecule has 0 saturated carbocycles. The molecule has 4 rings (SSSR count). The minimum absolute atomic E-state index is 0. The summed E-state index contributed by atoms with van der Waals surface area (Å²) in [6.45, 7) is 12.3. The Kier molecular flexibility index (Phi) is 8.95. The molecule has 42 heavy (non-hydrogen) atoms. The van der Waals surface area contributed by atoms with Crippen LogP contribution in [0.3, 0.4) is 0 Å². The molecule has 10 nitrogen and oxygen atoms in total. The summed E-state index contributed by atoms with van der Waals surface area (Å²) in [6, 6.07) is 13.3. The highest BCUT2D eigenvalue weighted by molar-refractivity contribution is 7.90. The molecule has 0 aliphatic rings. The molecule has 1 aromatic carbocycles. The predicted octanol–water partition coefficient (Wildman–Crippen LogP) is 5.94. The maximum absolute atomic E-state index is 14.6. The number of benzene rings is 1. The molecule has 0 saturated heterocycles. The number of rotatable bonds is 10. The molecule has 0 aliphatic heterocycles. The zero-order chi connectivity index (χ0) is 30.8. The summed E-state index contributed by atoms with van der Waals surface area (Å²) in [5.74, 6) is -0.740. The van der Waals surface area contributed by atoms with Crippen molar-refractivity contribution in [2.24, 2.45) is 5.92 Å². The van der Waals surface area contributed by atoms with E-state index in [2.05, 4.69) is 9.71 Å². The Hall–Kier alpha value is -4.32. The van der Waals surface area contributed by atoms with Crippen LogP contribution in [0, 0.1) is 11.7 Å². The van der Waals surface area contributed by atoms with Crippen molar-refractivity contribution in [3.8, 4) is 22.8 Å². The maximum Gasteiger partial charge on any atom is 0.281 e. The zero-order valence-electron chi connectivity index (χ0n) is 24.4. The molecular formula is C30H39FN6O4S. The number of hydrogen-bond donors (Lipinski definition) is 2. The average molecular weight is 599 g/mol. The van der Waals surface area contributed by atoms with Gasteiger partial charge in [0.15, 0.2) is 10.8 Å². The van der Waals surface area contributed by atoms with E-state index < -0.39 is 26.8 Å². The summed E-state index contributed by atoms with van der Waals surface area (Å²) in [6.07, 6.45) is 0. The summed E-state index contributed by atoms with van der Waals surface area (Å²) in [5.41, 5.74) is 7.88. The van der Waals surface area contributed by atoms with Crippen LogP contribution in [0.25, 0.3) is 17.1 Å². The summed E-state index contributed by atoms with van der Waals surface area (Å²) >= 11 is 0. The van der Waals surface area contributed by atoms with Crippen molar-refractivity contribution in [2.45, 2.75) is 58.4 Å². The van der Waals surface area contributed by atoms with Gasteiger partial charge in [0, 0.05) is 20.2 Å². The van der Waals surface area contributed by atoms with E-state index in [-0.39, 0.29) is 37.8 Å². The van der Waals surface area contributed by atoms with Gasteiger partial charge in [0.2, 0.25) is 0 Å². The second-order valence-electron chi connectivity index (χ2n) is 11.0. The van der Waals surface area contributed by atoms with Gasteiger partial charge in [-0.3, -0.25) is 4.79 Å². The fourth-order valence-corrected chi connectivity index (χ4v) is 5.03. The van der Waals surface area contributed by atoms with Crippen LogP contribution in [0.5, 0.6) is 5.75 Å². The number of pyridine rings is 2.